The second-order valence-corrected chi connectivity index (χ2v) is 3.28. The Bertz CT molecular complexity index is 374. The SMILES string of the molecule is O=C(OCc1ccno1)[C@@H]1C[C@@H]1[N+](=O)[O-]. The minimum atomic E-state index is -0.771. The van der Waals surface area contributed by atoms with Crippen LogP contribution >= 0.6 is 0 Å². The number of ether oxygens (including phenoxy) is 1. The average Bonchev–Trinajstić information content (AvgIpc) is 2.85. The van der Waals surface area contributed by atoms with Crippen LogP contribution in [0.15, 0.2) is 16.8 Å². The first kappa shape index (κ1) is 9.63. The van der Waals surface area contributed by atoms with Gasteiger partial charge in [-0.2, -0.15) is 0 Å². The lowest BCUT2D eigenvalue weighted by molar-refractivity contribution is -0.497. The minimum absolute atomic E-state index is 0.0280. The van der Waals surface area contributed by atoms with Crippen LogP contribution in [0.1, 0.15) is 12.2 Å². The predicted octanol–water partition coefficient (Wildman–Crippen LogP) is 0.383. The monoisotopic (exact) mass is 212 g/mol. The highest BCUT2D eigenvalue weighted by Gasteiger charge is 2.54. The first-order valence-electron chi connectivity index (χ1n) is 4.38. The molecule has 0 bridgehead atoms. The van der Waals surface area contributed by atoms with E-state index in [9.17, 15) is 14.9 Å². The van der Waals surface area contributed by atoms with Crippen molar-refractivity contribution < 1.29 is 19.0 Å². The van der Waals surface area contributed by atoms with E-state index in [0.29, 0.717) is 5.76 Å². The van der Waals surface area contributed by atoms with E-state index in [2.05, 4.69) is 5.16 Å². The lowest BCUT2D eigenvalue weighted by Crippen LogP contribution is -2.13. The molecular weight excluding hydrogens is 204 g/mol. The van der Waals surface area contributed by atoms with Gasteiger partial charge in [-0.15, -0.1) is 0 Å². The third kappa shape index (κ3) is 2.12. The van der Waals surface area contributed by atoms with Crippen molar-refractivity contribution in [3.63, 3.8) is 0 Å². The number of esters is 1. The molecule has 0 radical (unpaired) electrons. The zero-order chi connectivity index (χ0) is 10.8. The van der Waals surface area contributed by atoms with E-state index in [0.717, 1.165) is 0 Å². The van der Waals surface area contributed by atoms with Crippen molar-refractivity contribution in [3.05, 3.63) is 28.1 Å². The van der Waals surface area contributed by atoms with Crippen LogP contribution in [0.3, 0.4) is 0 Å². The van der Waals surface area contributed by atoms with Crippen molar-refractivity contribution in [1.29, 1.82) is 0 Å². The van der Waals surface area contributed by atoms with Gasteiger partial charge in [-0.25, -0.2) is 0 Å². The van der Waals surface area contributed by atoms with Crippen LogP contribution in [-0.4, -0.2) is 22.1 Å². The average molecular weight is 212 g/mol. The number of nitrogens with zero attached hydrogens (tertiary/aromatic N) is 2. The van der Waals surface area contributed by atoms with Crippen LogP contribution < -0.4 is 0 Å². The fraction of sp³-hybridized carbons (Fsp3) is 0.500. The van der Waals surface area contributed by atoms with Gasteiger partial charge in [0.15, 0.2) is 12.4 Å². The van der Waals surface area contributed by atoms with Gasteiger partial charge >= 0.3 is 5.97 Å². The summed E-state index contributed by atoms with van der Waals surface area (Å²) >= 11 is 0. The Morgan fingerprint density at radius 2 is 2.60 bits per heavy atom. The van der Waals surface area contributed by atoms with E-state index in [-0.39, 0.29) is 13.0 Å². The second kappa shape index (κ2) is 3.68. The maximum atomic E-state index is 11.2. The topological polar surface area (TPSA) is 95.5 Å². The molecule has 0 aromatic carbocycles. The van der Waals surface area contributed by atoms with Gasteiger partial charge in [0.2, 0.25) is 6.04 Å². The van der Waals surface area contributed by atoms with E-state index >= 15 is 0 Å². The summed E-state index contributed by atoms with van der Waals surface area (Å²) in [6.07, 6.45) is 1.70. The van der Waals surface area contributed by atoms with Gasteiger partial charge in [0.25, 0.3) is 0 Å². The molecule has 15 heavy (non-hydrogen) atoms. The van der Waals surface area contributed by atoms with Gasteiger partial charge in [0.1, 0.15) is 5.92 Å². The Morgan fingerprint density at radius 3 is 3.13 bits per heavy atom. The lowest BCUT2D eigenvalue weighted by Gasteiger charge is -1.99. The summed E-state index contributed by atoms with van der Waals surface area (Å²) in [5.41, 5.74) is 0. The van der Waals surface area contributed by atoms with Gasteiger partial charge in [0, 0.05) is 17.4 Å². The molecule has 0 aliphatic heterocycles. The summed E-state index contributed by atoms with van der Waals surface area (Å²) in [6, 6.07) is 0.790. The molecule has 7 nitrogen and oxygen atoms in total. The van der Waals surface area contributed by atoms with Crippen molar-refractivity contribution in [2.24, 2.45) is 5.92 Å². The molecule has 1 aromatic heterocycles. The zero-order valence-electron chi connectivity index (χ0n) is 7.66. The first-order valence-corrected chi connectivity index (χ1v) is 4.38. The number of rotatable bonds is 4. The van der Waals surface area contributed by atoms with Crippen molar-refractivity contribution in [1.82, 2.24) is 5.16 Å². The smallest absolute Gasteiger partial charge is 0.316 e. The third-order valence-corrected chi connectivity index (χ3v) is 2.18. The number of aromatic nitrogens is 1. The summed E-state index contributed by atoms with van der Waals surface area (Å²) in [5, 5.41) is 13.7. The maximum Gasteiger partial charge on any atom is 0.316 e. The summed E-state index contributed by atoms with van der Waals surface area (Å²) in [5.74, 6) is -0.724. The number of hydrogen-bond donors (Lipinski definition) is 0. The van der Waals surface area contributed by atoms with Crippen molar-refractivity contribution in [2.45, 2.75) is 19.1 Å². The van der Waals surface area contributed by atoms with E-state index < -0.39 is 22.9 Å². The fourth-order valence-corrected chi connectivity index (χ4v) is 1.23. The van der Waals surface area contributed by atoms with Crippen LogP contribution in [0.4, 0.5) is 0 Å². The number of carbonyl (C=O) groups is 1. The standard InChI is InChI=1S/C8H8N2O5/c11-8(6-3-7(6)10(12)13)14-4-5-1-2-9-15-5/h1-2,6-7H,3-4H2/t6-,7+/m1/s1. The predicted molar refractivity (Wildman–Crippen MR) is 45.2 cm³/mol. The van der Waals surface area contributed by atoms with E-state index in [1.165, 1.54) is 6.20 Å². The van der Waals surface area contributed by atoms with Crippen LogP contribution in [-0.2, 0) is 16.1 Å². The van der Waals surface area contributed by atoms with E-state index in [1.807, 2.05) is 0 Å². The highest BCUT2D eigenvalue weighted by Crippen LogP contribution is 2.34. The molecule has 7 heteroatoms. The molecule has 0 spiro atoms. The largest absolute Gasteiger partial charge is 0.457 e. The number of carbonyl (C=O) groups excluding carboxylic acids is 1. The molecule has 0 amide bonds. The molecule has 1 heterocycles. The van der Waals surface area contributed by atoms with Crippen molar-refractivity contribution in [2.75, 3.05) is 0 Å². The highest BCUT2D eigenvalue weighted by molar-refractivity contribution is 5.76. The molecule has 0 N–H and O–H groups in total. The quantitative estimate of drug-likeness (QED) is 0.406. The summed E-state index contributed by atoms with van der Waals surface area (Å²) in [7, 11) is 0. The third-order valence-electron chi connectivity index (χ3n) is 2.18. The molecule has 0 unspecified atom stereocenters. The molecule has 0 saturated heterocycles. The molecule has 1 aliphatic carbocycles. The lowest BCUT2D eigenvalue weighted by atomic mass is 10.4. The van der Waals surface area contributed by atoms with Crippen LogP contribution in [0.2, 0.25) is 0 Å². The number of hydrogen-bond acceptors (Lipinski definition) is 6. The molecule has 1 fully saturated rings. The summed E-state index contributed by atoms with van der Waals surface area (Å²) in [6.45, 7) is -0.0280. The number of nitro groups is 1. The maximum absolute atomic E-state index is 11.2. The molecule has 1 aromatic rings. The van der Waals surface area contributed by atoms with Crippen LogP contribution in [0.5, 0.6) is 0 Å². The molecule has 2 rings (SSSR count). The fourth-order valence-electron chi connectivity index (χ4n) is 1.23. The summed E-state index contributed by atoms with van der Waals surface area (Å²) < 4.78 is 9.51. The van der Waals surface area contributed by atoms with Gasteiger partial charge in [-0.05, 0) is 0 Å². The molecule has 1 aliphatic rings. The Morgan fingerprint density at radius 1 is 1.80 bits per heavy atom. The minimum Gasteiger partial charge on any atom is -0.457 e. The van der Waals surface area contributed by atoms with Gasteiger partial charge < -0.3 is 9.26 Å². The van der Waals surface area contributed by atoms with Crippen LogP contribution in [0, 0.1) is 16.0 Å². The zero-order valence-corrected chi connectivity index (χ0v) is 7.66. The van der Waals surface area contributed by atoms with Gasteiger partial charge in [-0.3, -0.25) is 14.9 Å². The van der Waals surface area contributed by atoms with Crippen molar-refractivity contribution >= 4 is 5.97 Å². The second-order valence-electron chi connectivity index (χ2n) is 3.28. The summed E-state index contributed by atoms with van der Waals surface area (Å²) in [4.78, 5) is 21.0. The normalized spacial score (nSPS) is 23.5. The molecule has 1 saturated carbocycles. The molecule has 2 atom stereocenters. The van der Waals surface area contributed by atoms with Gasteiger partial charge in [0.05, 0.1) is 6.20 Å². The van der Waals surface area contributed by atoms with Crippen LogP contribution in [0.25, 0.3) is 0 Å². The van der Waals surface area contributed by atoms with Crippen molar-refractivity contribution in [3.8, 4) is 0 Å². The Kier molecular flexibility index (Phi) is 2.36. The Labute approximate surface area is 84.1 Å². The first-order chi connectivity index (χ1) is 7.18. The molecule has 80 valence electrons. The highest BCUT2D eigenvalue weighted by atomic mass is 16.6. The van der Waals surface area contributed by atoms with E-state index in [1.54, 1.807) is 6.07 Å². The Balaban J connectivity index is 1.77. The van der Waals surface area contributed by atoms with Gasteiger partial charge in [-0.1, -0.05) is 5.16 Å². The van der Waals surface area contributed by atoms with E-state index in [4.69, 9.17) is 9.26 Å². The Hall–Kier alpha value is -1.92. The molecular formula is C8H8N2O5.